The first kappa shape index (κ1) is 6.13. The Morgan fingerprint density at radius 2 is 1.67 bits per heavy atom. The van der Waals surface area contributed by atoms with E-state index in [9.17, 15) is 0 Å². The van der Waals surface area contributed by atoms with Crippen molar-refractivity contribution in [1.29, 1.82) is 0 Å². The first-order chi connectivity index (χ1) is 2.81. The Morgan fingerprint density at radius 3 is 1.67 bits per heavy atom. The minimum Gasteiger partial charge on any atom is -0.0792 e. The highest BCUT2D eigenvalue weighted by atomic mass is 13.9. The van der Waals surface area contributed by atoms with Gasteiger partial charge in [0.2, 0.25) is 0 Å². The van der Waals surface area contributed by atoms with Crippen LogP contribution in [0.3, 0.4) is 0 Å². The van der Waals surface area contributed by atoms with Crippen LogP contribution in [0.15, 0.2) is 0 Å². The van der Waals surface area contributed by atoms with Crippen LogP contribution < -0.4 is 0 Å². The van der Waals surface area contributed by atoms with E-state index in [4.69, 9.17) is 0 Å². The monoisotopic (exact) mass is 82.1 g/mol. The third-order valence-corrected chi connectivity index (χ3v) is 1.39. The van der Waals surface area contributed by atoms with Crippen LogP contribution in [0.5, 0.6) is 0 Å². The van der Waals surface area contributed by atoms with Crippen molar-refractivity contribution in [1.82, 2.24) is 0 Å². The zero-order chi connectivity index (χ0) is 4.99. The molecule has 0 nitrogen and oxygen atoms in total. The summed E-state index contributed by atoms with van der Waals surface area (Å²) >= 11 is 0. The second-order valence-corrected chi connectivity index (χ2v) is 1.92. The Bertz CT molecular complexity index is 24.7. The molecule has 0 aromatic rings. The average molecular weight is 81.8 g/mol. The molecule has 0 unspecified atom stereocenters. The van der Waals surface area contributed by atoms with Crippen molar-refractivity contribution in [3.8, 4) is 0 Å². The first-order valence-electron chi connectivity index (χ1n) is 2.81. The van der Waals surface area contributed by atoms with Crippen LogP contribution >= 0.6 is 0 Å². The molecule has 0 rings (SSSR count). The van der Waals surface area contributed by atoms with Crippen LogP contribution in [0.2, 0.25) is 12.6 Å². The van der Waals surface area contributed by atoms with Crippen LogP contribution in [0.1, 0.15) is 6.92 Å². The van der Waals surface area contributed by atoms with Gasteiger partial charge in [-0.2, -0.15) is 0 Å². The van der Waals surface area contributed by atoms with E-state index < -0.39 is 0 Å². The fraction of sp³-hybridized carbons (Fsp3) is 1.00. The van der Waals surface area contributed by atoms with E-state index in [1.54, 1.807) is 0 Å². The second kappa shape index (κ2) is 3.32. The second-order valence-electron chi connectivity index (χ2n) is 1.92. The van der Waals surface area contributed by atoms with E-state index in [0.717, 1.165) is 5.92 Å². The van der Waals surface area contributed by atoms with Gasteiger partial charge >= 0.3 is 0 Å². The molecule has 0 spiro atoms. The highest BCUT2D eigenvalue weighted by Crippen LogP contribution is 2.00. The van der Waals surface area contributed by atoms with Crippen LogP contribution in [-0.2, 0) is 0 Å². The molecule has 0 aliphatic carbocycles. The first-order valence-corrected chi connectivity index (χ1v) is 2.81. The summed E-state index contributed by atoms with van der Waals surface area (Å²) in [6.45, 7) is 2.28. The molecule has 0 bridgehead atoms. The predicted octanol–water partition coefficient (Wildman–Crippen LogP) is -0.275. The van der Waals surface area contributed by atoms with E-state index in [1.807, 2.05) is 0 Å². The minimum absolute atomic E-state index is 0.935. The largest absolute Gasteiger partial charge is 0.101 e. The zero-order valence-electron chi connectivity index (χ0n) is 4.99. The molecule has 0 saturated carbocycles. The van der Waals surface area contributed by atoms with Gasteiger partial charge in [0.25, 0.3) is 0 Å². The molecule has 0 amide bonds. The number of rotatable bonds is 2. The van der Waals surface area contributed by atoms with Gasteiger partial charge < -0.3 is 0 Å². The quantitative estimate of drug-likeness (QED) is 0.402. The Hall–Kier alpha value is 0.130. The average Bonchev–Trinajstić information content (AvgIpc) is 1.65. The third-order valence-electron chi connectivity index (χ3n) is 1.39. The van der Waals surface area contributed by atoms with Gasteiger partial charge in [0.1, 0.15) is 15.7 Å². The molecule has 0 aliphatic rings. The smallest absolute Gasteiger partial charge is 0.0792 e. The summed E-state index contributed by atoms with van der Waals surface area (Å²) in [5.41, 5.74) is 0. The Kier molecular flexibility index (Phi) is 3.40. The van der Waals surface area contributed by atoms with Crippen LogP contribution in [-0.4, -0.2) is 15.7 Å². The number of hydrogen-bond acceptors (Lipinski definition) is 0. The van der Waals surface area contributed by atoms with Gasteiger partial charge in [0, 0.05) is 0 Å². The normalized spacial score (nSPS) is 9.67. The zero-order valence-corrected chi connectivity index (χ0v) is 4.99. The molecule has 0 atom stereocenters. The topological polar surface area (TPSA) is 0 Å². The van der Waals surface area contributed by atoms with Gasteiger partial charge in [-0.05, 0) is 0 Å². The molecule has 0 fully saturated rings. The van der Waals surface area contributed by atoms with E-state index in [1.165, 1.54) is 12.6 Å². The van der Waals surface area contributed by atoms with E-state index in [-0.39, 0.29) is 0 Å². The molecular weight excluding hydrogens is 69.7 g/mol. The van der Waals surface area contributed by atoms with Crippen molar-refractivity contribution in [2.45, 2.75) is 19.6 Å². The highest BCUT2D eigenvalue weighted by Gasteiger charge is 1.89. The van der Waals surface area contributed by atoms with Crippen molar-refractivity contribution in [2.24, 2.45) is 5.92 Å². The summed E-state index contributed by atoms with van der Waals surface area (Å²) < 4.78 is 0. The van der Waals surface area contributed by atoms with Crippen molar-refractivity contribution in [3.05, 3.63) is 0 Å². The molecule has 0 aromatic carbocycles. The predicted molar refractivity (Wildman–Crippen MR) is 35.9 cm³/mol. The third kappa shape index (κ3) is 2.37. The molecule has 0 N–H and O–H groups in total. The van der Waals surface area contributed by atoms with Gasteiger partial charge in [-0.3, -0.25) is 0 Å². The van der Waals surface area contributed by atoms with Gasteiger partial charge in [-0.25, -0.2) is 0 Å². The van der Waals surface area contributed by atoms with Crippen molar-refractivity contribution in [3.63, 3.8) is 0 Å². The lowest BCUT2D eigenvalue weighted by Crippen LogP contribution is -1.88. The lowest BCUT2D eigenvalue weighted by atomic mass is 9.83. The fourth-order valence-electron chi connectivity index (χ4n) is 0.289. The van der Waals surface area contributed by atoms with Crippen molar-refractivity contribution in [2.75, 3.05) is 0 Å². The molecular formula is C4H12B2. The molecule has 34 valence electrons. The van der Waals surface area contributed by atoms with Crippen LogP contribution in [0.25, 0.3) is 0 Å². The Balaban J connectivity index is 2.75. The van der Waals surface area contributed by atoms with Crippen LogP contribution in [0.4, 0.5) is 0 Å². The van der Waals surface area contributed by atoms with Gasteiger partial charge in [-0.15, -0.1) is 0 Å². The highest BCUT2D eigenvalue weighted by molar-refractivity contribution is 6.11. The number of hydrogen-bond donors (Lipinski definition) is 0. The Labute approximate surface area is 42.1 Å². The van der Waals surface area contributed by atoms with Crippen molar-refractivity contribution >= 4 is 15.7 Å². The van der Waals surface area contributed by atoms with E-state index >= 15 is 0 Å². The minimum atomic E-state index is 0.935. The summed E-state index contributed by atoms with van der Waals surface area (Å²) in [5.74, 6) is 0.935. The van der Waals surface area contributed by atoms with Gasteiger partial charge in [-0.1, -0.05) is 25.5 Å². The summed E-state index contributed by atoms with van der Waals surface area (Å²) in [6, 6.07) is 0. The standard InChI is InChI=1S/C4H12B2/c1-4(2-5)3-6/h4H,2-3,5-6H2,1H3. The van der Waals surface area contributed by atoms with Crippen molar-refractivity contribution < 1.29 is 0 Å². The molecule has 0 heterocycles. The van der Waals surface area contributed by atoms with E-state index in [2.05, 4.69) is 22.6 Å². The molecule has 0 aromatic heterocycles. The van der Waals surface area contributed by atoms with E-state index in [0.29, 0.717) is 0 Å². The maximum absolute atomic E-state index is 2.28. The fourth-order valence-corrected chi connectivity index (χ4v) is 0.289. The molecule has 0 radical (unpaired) electrons. The maximum Gasteiger partial charge on any atom is 0.101 e. The maximum atomic E-state index is 2.28. The SMILES string of the molecule is BCC(C)CB. The summed E-state index contributed by atoms with van der Waals surface area (Å²) in [7, 11) is 4.46. The Morgan fingerprint density at radius 1 is 1.33 bits per heavy atom. The summed E-state index contributed by atoms with van der Waals surface area (Å²) in [4.78, 5) is 0. The lowest BCUT2D eigenvalue weighted by Gasteiger charge is -1.98. The lowest BCUT2D eigenvalue weighted by molar-refractivity contribution is 0.734. The van der Waals surface area contributed by atoms with Gasteiger partial charge in [0.05, 0.1) is 0 Å². The van der Waals surface area contributed by atoms with Crippen LogP contribution in [0, 0.1) is 5.92 Å². The summed E-state index contributed by atoms with van der Waals surface area (Å²) in [5, 5.41) is 0. The molecule has 6 heavy (non-hydrogen) atoms. The summed E-state index contributed by atoms with van der Waals surface area (Å²) in [6.07, 6.45) is 2.66. The molecule has 0 aliphatic heterocycles. The van der Waals surface area contributed by atoms with Gasteiger partial charge in [0.15, 0.2) is 0 Å². The molecule has 0 saturated heterocycles. The molecule has 2 heteroatoms.